The molecule has 2 heterocycles. The summed E-state index contributed by atoms with van der Waals surface area (Å²) in [6.07, 6.45) is -0.212. The molecule has 0 radical (unpaired) electrons. The van der Waals surface area contributed by atoms with Gasteiger partial charge in [-0.25, -0.2) is 4.79 Å². The second kappa shape index (κ2) is 9.29. The van der Waals surface area contributed by atoms with Crippen LogP contribution in [-0.2, 0) is 13.9 Å². The van der Waals surface area contributed by atoms with Crippen LogP contribution in [-0.4, -0.2) is 66.4 Å². The smallest absolute Gasteiger partial charge is 0.413 e. The number of aliphatic hydroxyl groups is 2. The standard InChI is InChI=1S/C20H36N2O6SSi/c1-19(2,3)10-9-11-26-18(25)22-17-21-12-13(23)14(24)15(27-16(12)29-17)28-30(7,8)20(4,5)6/h9-10,12-16,23-24H,11H2,1-8H3,(H,21,22,25)/t12-,13-,14+,15-,16-/m1/s1. The molecule has 0 aromatic heterocycles. The van der Waals surface area contributed by atoms with Crippen molar-refractivity contribution in [2.75, 3.05) is 6.61 Å². The average Bonchev–Trinajstić information content (AvgIpc) is 2.96. The van der Waals surface area contributed by atoms with Crippen molar-refractivity contribution >= 4 is 31.3 Å². The predicted octanol–water partition coefficient (Wildman–Crippen LogP) is 3.21. The van der Waals surface area contributed by atoms with E-state index in [-0.39, 0.29) is 22.2 Å². The number of nitrogens with zero attached hydrogens (tertiary/aromatic N) is 1. The third kappa shape index (κ3) is 6.54. The normalized spacial score (nSPS) is 30.2. The number of carbonyl (C=O) groups is 1. The number of alkyl carbamates (subject to hydrolysis) is 1. The van der Waals surface area contributed by atoms with E-state index >= 15 is 0 Å². The molecule has 0 bridgehead atoms. The molecule has 0 spiro atoms. The van der Waals surface area contributed by atoms with E-state index in [1.807, 2.05) is 6.08 Å². The number of hydrogen-bond donors (Lipinski definition) is 3. The van der Waals surface area contributed by atoms with Gasteiger partial charge < -0.3 is 24.1 Å². The van der Waals surface area contributed by atoms with Crippen LogP contribution in [0.15, 0.2) is 17.1 Å². The van der Waals surface area contributed by atoms with Gasteiger partial charge in [0.1, 0.15) is 30.3 Å². The maximum absolute atomic E-state index is 12.0. The Hall–Kier alpha value is -0.913. The number of ether oxygens (including phenoxy) is 2. The van der Waals surface area contributed by atoms with E-state index in [0.717, 1.165) is 0 Å². The highest BCUT2D eigenvalue weighted by molar-refractivity contribution is 8.14. The Kier molecular flexibility index (Phi) is 7.85. The SMILES string of the molecule is CC(C)(C)C=CCOC(=O)NC1=N[C@@H]2[C@@H](O)[C@H](O)[C@@H](O[Si](C)(C)C(C)(C)C)O[C@@H]2S1. The van der Waals surface area contributed by atoms with Gasteiger partial charge in [0.05, 0.1) is 0 Å². The van der Waals surface area contributed by atoms with Gasteiger partial charge in [-0.05, 0) is 23.5 Å². The Labute approximate surface area is 184 Å². The molecule has 5 atom stereocenters. The van der Waals surface area contributed by atoms with E-state index in [2.05, 4.69) is 64.9 Å². The number of thioether (sulfide) groups is 1. The van der Waals surface area contributed by atoms with Crippen molar-refractivity contribution in [3.8, 4) is 0 Å². The van der Waals surface area contributed by atoms with Gasteiger partial charge >= 0.3 is 6.09 Å². The summed E-state index contributed by atoms with van der Waals surface area (Å²) in [5.74, 6) is 0. The highest BCUT2D eigenvalue weighted by Crippen LogP contribution is 2.41. The number of allylic oxidation sites excluding steroid dienone is 1. The van der Waals surface area contributed by atoms with Crippen LogP contribution in [0.3, 0.4) is 0 Å². The molecule has 0 unspecified atom stereocenters. The second-order valence-corrected chi connectivity index (χ2v) is 16.1. The van der Waals surface area contributed by atoms with Crippen molar-refractivity contribution in [3.63, 3.8) is 0 Å². The monoisotopic (exact) mass is 460 g/mol. The van der Waals surface area contributed by atoms with Gasteiger partial charge in [-0.15, -0.1) is 0 Å². The van der Waals surface area contributed by atoms with Crippen LogP contribution < -0.4 is 5.32 Å². The minimum absolute atomic E-state index is 0.0122. The molecule has 0 aromatic rings. The van der Waals surface area contributed by atoms with E-state index in [0.29, 0.717) is 0 Å². The Morgan fingerprint density at radius 1 is 1.23 bits per heavy atom. The minimum atomic E-state index is -2.22. The third-order valence-electron chi connectivity index (χ3n) is 5.37. The maximum Gasteiger partial charge on any atom is 0.413 e. The fourth-order valence-electron chi connectivity index (χ4n) is 2.60. The van der Waals surface area contributed by atoms with Crippen molar-refractivity contribution in [1.82, 2.24) is 5.32 Å². The van der Waals surface area contributed by atoms with Gasteiger partial charge in [0.25, 0.3) is 0 Å². The summed E-state index contributed by atoms with van der Waals surface area (Å²) in [6.45, 7) is 16.7. The quantitative estimate of drug-likeness (QED) is 0.436. The fourth-order valence-corrected chi connectivity index (χ4v) is 4.80. The zero-order valence-corrected chi connectivity index (χ0v) is 20.9. The first-order valence-electron chi connectivity index (χ1n) is 10.2. The summed E-state index contributed by atoms with van der Waals surface area (Å²) < 4.78 is 17.2. The van der Waals surface area contributed by atoms with Crippen LogP contribution in [0.25, 0.3) is 0 Å². The Bertz CT molecular complexity index is 686. The summed E-state index contributed by atoms with van der Waals surface area (Å²) in [5.41, 5.74) is -0.549. The lowest BCUT2D eigenvalue weighted by Gasteiger charge is -2.44. The number of hydrogen-bond acceptors (Lipinski definition) is 8. The molecule has 3 N–H and O–H groups in total. The summed E-state index contributed by atoms with van der Waals surface area (Å²) in [5, 5.41) is 23.8. The first-order chi connectivity index (χ1) is 13.6. The lowest BCUT2D eigenvalue weighted by molar-refractivity contribution is -0.225. The zero-order valence-electron chi connectivity index (χ0n) is 19.1. The maximum atomic E-state index is 12.0. The second-order valence-electron chi connectivity index (χ2n) is 10.3. The number of amidine groups is 1. The third-order valence-corrected chi connectivity index (χ3v) is 10.9. The molecule has 1 fully saturated rings. The lowest BCUT2D eigenvalue weighted by Crippen LogP contribution is -2.59. The largest absolute Gasteiger partial charge is 0.445 e. The van der Waals surface area contributed by atoms with E-state index in [1.54, 1.807) is 6.08 Å². The van der Waals surface area contributed by atoms with Gasteiger partial charge in [0.2, 0.25) is 0 Å². The van der Waals surface area contributed by atoms with E-state index in [9.17, 15) is 15.0 Å². The molecule has 0 aromatic carbocycles. The summed E-state index contributed by atoms with van der Waals surface area (Å²) in [6, 6.07) is -0.694. The highest BCUT2D eigenvalue weighted by Gasteiger charge is 2.51. The molecule has 30 heavy (non-hydrogen) atoms. The van der Waals surface area contributed by atoms with Gasteiger partial charge in [-0.2, -0.15) is 0 Å². The van der Waals surface area contributed by atoms with Gasteiger partial charge in [0, 0.05) is 0 Å². The summed E-state index contributed by atoms with van der Waals surface area (Å²) >= 11 is 1.17. The molecule has 1 saturated heterocycles. The first-order valence-corrected chi connectivity index (χ1v) is 13.9. The van der Waals surface area contributed by atoms with Crippen molar-refractivity contribution in [2.45, 2.75) is 89.7 Å². The topological polar surface area (TPSA) is 110 Å². The number of aliphatic imine (C=N–C) groups is 1. The first kappa shape index (κ1) is 25.3. The Balaban J connectivity index is 1.94. The Morgan fingerprint density at radius 3 is 2.43 bits per heavy atom. The van der Waals surface area contributed by atoms with Gasteiger partial charge in [-0.1, -0.05) is 65.5 Å². The van der Waals surface area contributed by atoms with Gasteiger partial charge in [-0.3, -0.25) is 10.3 Å². The number of amides is 1. The highest BCUT2D eigenvalue weighted by atomic mass is 32.2. The van der Waals surface area contributed by atoms with Crippen molar-refractivity contribution in [3.05, 3.63) is 12.2 Å². The number of nitrogens with one attached hydrogen (secondary N) is 1. The van der Waals surface area contributed by atoms with E-state index in [1.165, 1.54) is 11.8 Å². The summed E-state index contributed by atoms with van der Waals surface area (Å²) in [7, 11) is -2.22. The van der Waals surface area contributed by atoms with Crippen molar-refractivity contribution < 1.29 is 28.9 Å². The molecular weight excluding hydrogens is 424 g/mol. The van der Waals surface area contributed by atoms with Crippen LogP contribution in [0, 0.1) is 5.41 Å². The van der Waals surface area contributed by atoms with Crippen LogP contribution in [0.1, 0.15) is 41.5 Å². The predicted molar refractivity (Wildman–Crippen MR) is 121 cm³/mol. The molecule has 1 amide bonds. The number of fused-ring (bicyclic) bond motifs is 1. The molecular formula is C20H36N2O6SSi. The van der Waals surface area contributed by atoms with Crippen LogP contribution in [0.5, 0.6) is 0 Å². The molecule has 10 heteroatoms. The average molecular weight is 461 g/mol. The molecule has 172 valence electrons. The lowest BCUT2D eigenvalue weighted by atomic mass is 9.96. The van der Waals surface area contributed by atoms with E-state index in [4.69, 9.17) is 13.9 Å². The minimum Gasteiger partial charge on any atom is -0.445 e. The molecule has 0 aliphatic carbocycles. The van der Waals surface area contributed by atoms with Crippen LogP contribution in [0.2, 0.25) is 18.1 Å². The van der Waals surface area contributed by atoms with Gasteiger partial charge in [0.15, 0.2) is 19.8 Å². The van der Waals surface area contributed by atoms with Crippen LogP contribution in [0.4, 0.5) is 4.79 Å². The molecule has 2 rings (SSSR count). The van der Waals surface area contributed by atoms with Crippen molar-refractivity contribution in [2.24, 2.45) is 10.4 Å². The summed E-state index contributed by atoms with van der Waals surface area (Å²) in [4.78, 5) is 16.3. The van der Waals surface area contributed by atoms with Crippen LogP contribution >= 0.6 is 11.8 Å². The van der Waals surface area contributed by atoms with Crippen molar-refractivity contribution in [1.29, 1.82) is 0 Å². The molecule has 2 aliphatic rings. The number of aliphatic hydroxyl groups excluding tert-OH is 2. The zero-order chi connectivity index (χ0) is 22.9. The fraction of sp³-hybridized carbons (Fsp3) is 0.800. The number of carbonyl (C=O) groups excluding carboxylic acids is 1. The molecule has 8 nitrogen and oxygen atoms in total. The van der Waals surface area contributed by atoms with E-state index < -0.39 is 44.4 Å². The molecule has 2 aliphatic heterocycles. The number of rotatable bonds is 4. The Morgan fingerprint density at radius 2 is 1.87 bits per heavy atom. The molecule has 0 saturated carbocycles.